The van der Waals surface area contributed by atoms with E-state index in [2.05, 4.69) is 36.5 Å². The monoisotopic (exact) mass is 427 g/mol. The van der Waals surface area contributed by atoms with Gasteiger partial charge >= 0.3 is 0 Å². The third kappa shape index (κ3) is 4.91. The van der Waals surface area contributed by atoms with Crippen molar-refractivity contribution >= 4 is 15.9 Å². The topological polar surface area (TPSA) is 69.7 Å². The molecule has 1 atom stereocenters. The van der Waals surface area contributed by atoms with Gasteiger partial charge in [-0.1, -0.05) is 48.0 Å². The molecule has 0 radical (unpaired) electrons. The van der Waals surface area contributed by atoms with Gasteiger partial charge < -0.3 is 5.32 Å². The van der Waals surface area contributed by atoms with Crippen molar-refractivity contribution < 1.29 is 13.2 Å². The van der Waals surface area contributed by atoms with E-state index < -0.39 is 10.0 Å². The van der Waals surface area contributed by atoms with Crippen LogP contribution in [0.25, 0.3) is 0 Å². The zero-order chi connectivity index (χ0) is 21.1. The first kappa shape index (κ1) is 21.0. The van der Waals surface area contributed by atoms with Crippen LogP contribution >= 0.6 is 0 Å². The summed E-state index contributed by atoms with van der Waals surface area (Å²) >= 11 is 0. The summed E-state index contributed by atoms with van der Waals surface area (Å²) in [5.41, 5.74) is 2.37. The Morgan fingerprint density at radius 1 is 1.00 bits per heavy atom. The Hall–Kier alpha value is -2.22. The highest BCUT2D eigenvalue weighted by molar-refractivity contribution is 7.89. The second kappa shape index (κ2) is 8.88. The maximum absolute atomic E-state index is 12.8. The second-order valence-electron chi connectivity index (χ2n) is 8.29. The van der Waals surface area contributed by atoms with Crippen LogP contribution < -0.4 is 5.32 Å². The van der Waals surface area contributed by atoms with Crippen molar-refractivity contribution in [1.82, 2.24) is 14.5 Å². The van der Waals surface area contributed by atoms with Crippen LogP contribution in [0.1, 0.15) is 30.0 Å². The van der Waals surface area contributed by atoms with Crippen LogP contribution in [0.5, 0.6) is 0 Å². The largest absolute Gasteiger partial charge is 0.348 e. The van der Waals surface area contributed by atoms with Crippen molar-refractivity contribution in [2.75, 3.05) is 32.7 Å². The maximum Gasteiger partial charge on any atom is 0.243 e. The van der Waals surface area contributed by atoms with Crippen molar-refractivity contribution in [1.29, 1.82) is 0 Å². The molecule has 1 saturated carbocycles. The first-order valence-electron chi connectivity index (χ1n) is 10.6. The third-order valence-corrected chi connectivity index (χ3v) is 7.84. The van der Waals surface area contributed by atoms with Crippen LogP contribution in [0.2, 0.25) is 0 Å². The lowest BCUT2D eigenvalue weighted by Gasteiger charge is -2.33. The molecule has 1 saturated heterocycles. The number of rotatable bonds is 7. The van der Waals surface area contributed by atoms with E-state index in [1.165, 1.54) is 9.87 Å². The van der Waals surface area contributed by atoms with E-state index in [0.29, 0.717) is 43.5 Å². The summed E-state index contributed by atoms with van der Waals surface area (Å²) in [5, 5.41) is 3.22. The summed E-state index contributed by atoms with van der Waals surface area (Å²) in [6, 6.07) is 17.0. The summed E-state index contributed by atoms with van der Waals surface area (Å²) < 4.78 is 27.0. The van der Waals surface area contributed by atoms with Crippen LogP contribution in [-0.2, 0) is 14.8 Å². The highest BCUT2D eigenvalue weighted by atomic mass is 32.2. The Morgan fingerprint density at radius 2 is 1.63 bits per heavy atom. The molecular weight excluding hydrogens is 398 g/mol. The summed E-state index contributed by atoms with van der Waals surface area (Å²) in [6.45, 7) is 4.26. The van der Waals surface area contributed by atoms with Gasteiger partial charge in [-0.15, -0.1) is 0 Å². The van der Waals surface area contributed by atoms with Crippen LogP contribution in [0, 0.1) is 12.8 Å². The van der Waals surface area contributed by atoms with Gasteiger partial charge in [-0.05, 0) is 43.4 Å². The highest BCUT2D eigenvalue weighted by Gasteiger charge is 2.34. The number of nitrogens with one attached hydrogen (secondary N) is 1. The van der Waals surface area contributed by atoms with E-state index in [-0.39, 0.29) is 11.9 Å². The first-order chi connectivity index (χ1) is 14.4. The molecule has 0 spiro atoms. The van der Waals surface area contributed by atoms with Gasteiger partial charge in [0.1, 0.15) is 0 Å². The highest BCUT2D eigenvalue weighted by Crippen LogP contribution is 2.41. The average Bonchev–Trinajstić information content (AvgIpc) is 3.59. The van der Waals surface area contributed by atoms with Crippen LogP contribution in [0.15, 0.2) is 59.5 Å². The fraction of sp³-hybridized carbons (Fsp3) is 0.435. The number of amides is 1. The number of hydrogen-bond acceptors (Lipinski definition) is 4. The fourth-order valence-corrected chi connectivity index (χ4v) is 5.41. The number of benzene rings is 2. The molecular formula is C23H29N3O3S. The van der Waals surface area contributed by atoms with Crippen molar-refractivity contribution in [3.05, 3.63) is 65.7 Å². The summed E-state index contributed by atoms with van der Waals surface area (Å²) in [7, 11) is -3.47. The molecule has 1 amide bonds. The standard InChI is InChI=1S/C23H29N3O3S/c1-18-7-9-19(10-8-18)23(20-11-12-20)24-22(27)17-25-13-15-26(16-14-25)30(28,29)21-5-3-2-4-6-21/h2-10,20,23H,11-17H2,1H3,(H,24,27). The zero-order valence-electron chi connectivity index (χ0n) is 17.3. The van der Waals surface area contributed by atoms with Gasteiger partial charge in [0, 0.05) is 26.2 Å². The van der Waals surface area contributed by atoms with E-state index in [0.717, 1.165) is 18.4 Å². The average molecular weight is 428 g/mol. The van der Waals surface area contributed by atoms with Gasteiger partial charge in [-0.25, -0.2) is 8.42 Å². The molecule has 160 valence electrons. The van der Waals surface area contributed by atoms with Crippen molar-refractivity contribution in [2.24, 2.45) is 5.92 Å². The molecule has 30 heavy (non-hydrogen) atoms. The van der Waals surface area contributed by atoms with Gasteiger partial charge in [-0.2, -0.15) is 4.31 Å². The number of sulfonamides is 1. The smallest absolute Gasteiger partial charge is 0.243 e. The molecule has 6 nitrogen and oxygen atoms in total. The number of carbonyl (C=O) groups is 1. The summed E-state index contributed by atoms with van der Waals surface area (Å²) in [6.07, 6.45) is 2.30. The van der Waals surface area contributed by atoms with E-state index in [9.17, 15) is 13.2 Å². The maximum atomic E-state index is 12.8. The molecule has 2 fully saturated rings. The SMILES string of the molecule is Cc1ccc(C(NC(=O)CN2CCN(S(=O)(=O)c3ccccc3)CC2)C2CC2)cc1. The van der Waals surface area contributed by atoms with E-state index in [4.69, 9.17) is 0 Å². The van der Waals surface area contributed by atoms with Gasteiger partial charge in [0.2, 0.25) is 15.9 Å². The number of aryl methyl sites for hydroxylation is 1. The number of nitrogens with zero attached hydrogens (tertiary/aromatic N) is 2. The molecule has 0 aromatic heterocycles. The van der Waals surface area contributed by atoms with Crippen molar-refractivity contribution in [3.63, 3.8) is 0 Å². The third-order valence-electron chi connectivity index (χ3n) is 5.93. The second-order valence-corrected chi connectivity index (χ2v) is 10.2. The molecule has 1 aliphatic carbocycles. The van der Waals surface area contributed by atoms with Gasteiger partial charge in [-0.3, -0.25) is 9.69 Å². The molecule has 1 unspecified atom stereocenters. The number of piperazine rings is 1. The lowest BCUT2D eigenvalue weighted by molar-refractivity contribution is -0.123. The molecule has 0 bridgehead atoms. The molecule has 1 aliphatic heterocycles. The van der Waals surface area contributed by atoms with Gasteiger partial charge in [0.05, 0.1) is 17.5 Å². The Bertz CT molecular complexity index is 965. The van der Waals surface area contributed by atoms with E-state index in [1.807, 2.05) is 4.90 Å². The van der Waals surface area contributed by atoms with E-state index in [1.54, 1.807) is 30.3 Å². The van der Waals surface area contributed by atoms with Crippen molar-refractivity contribution in [3.8, 4) is 0 Å². The summed E-state index contributed by atoms with van der Waals surface area (Å²) in [4.78, 5) is 15.1. The molecule has 7 heteroatoms. The molecule has 1 N–H and O–H groups in total. The lowest BCUT2D eigenvalue weighted by Crippen LogP contribution is -2.51. The Balaban J connectivity index is 1.31. The Kier molecular flexibility index (Phi) is 6.22. The Labute approximate surface area is 178 Å². The molecule has 4 rings (SSSR count). The molecule has 1 heterocycles. The van der Waals surface area contributed by atoms with E-state index >= 15 is 0 Å². The van der Waals surface area contributed by atoms with Crippen LogP contribution in [-0.4, -0.2) is 56.3 Å². The zero-order valence-corrected chi connectivity index (χ0v) is 18.1. The van der Waals surface area contributed by atoms with Crippen LogP contribution in [0.4, 0.5) is 0 Å². The first-order valence-corrected chi connectivity index (χ1v) is 12.0. The molecule has 2 aromatic carbocycles. The molecule has 2 aliphatic rings. The molecule has 2 aromatic rings. The van der Waals surface area contributed by atoms with Gasteiger partial charge in [0.15, 0.2) is 0 Å². The minimum atomic E-state index is -3.47. The van der Waals surface area contributed by atoms with Crippen molar-refractivity contribution in [2.45, 2.75) is 30.7 Å². The normalized spacial score (nSPS) is 19.4. The minimum absolute atomic E-state index is 0.00633. The van der Waals surface area contributed by atoms with Gasteiger partial charge in [0.25, 0.3) is 0 Å². The predicted octanol–water partition coefficient (Wildman–Crippen LogP) is 2.57. The van der Waals surface area contributed by atoms with Crippen LogP contribution in [0.3, 0.4) is 0 Å². The quantitative estimate of drug-likeness (QED) is 0.737. The lowest BCUT2D eigenvalue weighted by atomic mass is 10.0. The number of hydrogen-bond donors (Lipinski definition) is 1. The fourth-order valence-electron chi connectivity index (χ4n) is 3.97. The Morgan fingerprint density at radius 3 is 2.23 bits per heavy atom. The number of carbonyl (C=O) groups excluding carboxylic acids is 1. The minimum Gasteiger partial charge on any atom is -0.348 e. The summed E-state index contributed by atoms with van der Waals surface area (Å²) in [5.74, 6) is 0.524. The predicted molar refractivity (Wildman–Crippen MR) is 116 cm³/mol.